The van der Waals surface area contributed by atoms with Gasteiger partial charge < -0.3 is 11.1 Å². The smallest absolute Gasteiger partial charge is 0.142 e. The highest BCUT2D eigenvalue weighted by Gasteiger charge is 2.39. The highest BCUT2D eigenvalue weighted by molar-refractivity contribution is 5.72. The van der Waals surface area contributed by atoms with E-state index in [9.17, 15) is 4.39 Å². The van der Waals surface area contributed by atoms with E-state index in [0.29, 0.717) is 23.1 Å². The monoisotopic (exact) mass is 890 g/mol. The van der Waals surface area contributed by atoms with Gasteiger partial charge in [0.1, 0.15) is 11.6 Å². The van der Waals surface area contributed by atoms with Gasteiger partial charge in [0.2, 0.25) is 0 Å². The molecule has 2 aliphatic carbocycles. The van der Waals surface area contributed by atoms with Crippen molar-refractivity contribution >= 4 is 11.5 Å². The predicted octanol–water partition coefficient (Wildman–Crippen LogP) is 20.4. The highest BCUT2D eigenvalue weighted by Crippen LogP contribution is 2.52. The minimum atomic E-state index is -0.387. The molecule has 0 saturated heterocycles. The molecule has 1 heterocycles. The van der Waals surface area contributed by atoms with Gasteiger partial charge in [-0.3, -0.25) is 0 Å². The number of aromatic nitrogens is 1. The number of nitrogens with one attached hydrogen (secondary N) is 1. The van der Waals surface area contributed by atoms with Crippen LogP contribution in [0.1, 0.15) is 225 Å². The van der Waals surface area contributed by atoms with Gasteiger partial charge in [-0.15, -0.1) is 6.58 Å². The van der Waals surface area contributed by atoms with Crippen LogP contribution in [0.2, 0.25) is 0 Å². The number of rotatable bonds is 16. The maximum atomic E-state index is 14.4. The molecule has 2 saturated carbocycles. The second kappa shape index (κ2) is 35.1. The Labute approximate surface area is 400 Å². The molecule has 0 bridgehead atoms. The Morgan fingerprint density at radius 2 is 1.41 bits per heavy atom. The molecule has 0 spiro atoms. The molecular weight excluding hydrogens is 782 g/mol. The van der Waals surface area contributed by atoms with Crippen LogP contribution in [-0.4, -0.2) is 4.98 Å². The van der Waals surface area contributed by atoms with E-state index in [1.165, 1.54) is 80.6 Å². The molecule has 2 unspecified atom stereocenters. The third-order valence-corrected chi connectivity index (χ3v) is 12.1. The SMILES string of the molecule is C=C/C(F)=C(/Nc1nc(-c2ccc(C(CC)(CCC)C(=C)C)c(C)c2)cc(N)c1C)C(C)C.C=CC(C)CC.CC.CC(C)C.CC(C)C.CC1CC(C)C1.CCCCC1(CC)CC1. The van der Waals surface area contributed by atoms with Crippen molar-refractivity contribution in [3.05, 3.63) is 89.9 Å². The highest BCUT2D eigenvalue weighted by atomic mass is 19.1. The van der Waals surface area contributed by atoms with Gasteiger partial charge in [-0.2, -0.15) is 0 Å². The van der Waals surface area contributed by atoms with Crippen LogP contribution in [0.3, 0.4) is 0 Å². The summed E-state index contributed by atoms with van der Waals surface area (Å²) in [6, 6.07) is 8.37. The van der Waals surface area contributed by atoms with Crippen molar-refractivity contribution in [3.63, 3.8) is 0 Å². The zero-order valence-corrected chi connectivity index (χ0v) is 46.4. The molecule has 3 N–H and O–H groups in total. The first kappa shape index (κ1) is 65.1. The molecule has 0 radical (unpaired) electrons. The van der Waals surface area contributed by atoms with Crippen molar-refractivity contribution in [3.8, 4) is 11.3 Å². The van der Waals surface area contributed by atoms with E-state index >= 15 is 0 Å². The first-order chi connectivity index (χ1) is 29.9. The molecule has 3 nitrogen and oxygen atoms in total. The molecule has 0 aliphatic heterocycles. The predicted molar refractivity (Wildman–Crippen MR) is 293 cm³/mol. The molecule has 1 aromatic carbocycles. The third-order valence-electron chi connectivity index (χ3n) is 12.1. The number of allylic oxidation sites excluding steroid dienone is 5. The first-order valence-electron chi connectivity index (χ1n) is 25.9. The minimum absolute atomic E-state index is 0.0248. The molecule has 4 heteroatoms. The van der Waals surface area contributed by atoms with Crippen LogP contribution in [0, 0.1) is 54.8 Å². The average molecular weight is 891 g/mol. The summed E-state index contributed by atoms with van der Waals surface area (Å²) in [7, 11) is 0. The van der Waals surface area contributed by atoms with Crippen LogP contribution in [0.5, 0.6) is 0 Å². The number of pyridine rings is 1. The third kappa shape index (κ3) is 25.5. The van der Waals surface area contributed by atoms with Gasteiger partial charge in [0.15, 0.2) is 0 Å². The van der Waals surface area contributed by atoms with E-state index in [-0.39, 0.29) is 17.2 Å². The van der Waals surface area contributed by atoms with E-state index in [2.05, 4.69) is 154 Å². The fraction of sp³-hybridized carbons (Fsp3) is 0.683. The van der Waals surface area contributed by atoms with Gasteiger partial charge in [-0.1, -0.05) is 194 Å². The molecule has 1 aromatic heterocycles. The number of benzene rings is 1. The Kier molecular flexibility index (Phi) is 35.7. The maximum Gasteiger partial charge on any atom is 0.142 e. The van der Waals surface area contributed by atoms with Crippen LogP contribution >= 0.6 is 0 Å². The zero-order chi connectivity index (χ0) is 50.4. The normalized spacial score (nSPS) is 17.0. The Morgan fingerprint density at radius 3 is 1.70 bits per heavy atom. The Morgan fingerprint density at radius 1 is 0.891 bits per heavy atom. The Hall–Kier alpha value is -3.14. The van der Waals surface area contributed by atoms with Crippen molar-refractivity contribution in [1.29, 1.82) is 0 Å². The number of nitrogens with zero attached hydrogens (tertiary/aromatic N) is 1. The average Bonchev–Trinajstić information content (AvgIpc) is 4.02. The summed E-state index contributed by atoms with van der Waals surface area (Å²) in [5.74, 6) is 4.56. The van der Waals surface area contributed by atoms with E-state index in [4.69, 9.17) is 10.7 Å². The summed E-state index contributed by atoms with van der Waals surface area (Å²) in [6.45, 7) is 56.6. The van der Waals surface area contributed by atoms with Crippen molar-refractivity contribution in [2.75, 3.05) is 11.1 Å². The van der Waals surface area contributed by atoms with Gasteiger partial charge in [0.05, 0.1) is 11.4 Å². The quantitative estimate of drug-likeness (QED) is 0.130. The first-order valence-corrected chi connectivity index (χ1v) is 25.9. The van der Waals surface area contributed by atoms with Gasteiger partial charge in [0, 0.05) is 22.2 Å². The number of hydrogen-bond acceptors (Lipinski definition) is 3. The topological polar surface area (TPSA) is 50.9 Å². The molecule has 4 rings (SSSR count). The zero-order valence-electron chi connectivity index (χ0n) is 46.4. The summed E-state index contributed by atoms with van der Waals surface area (Å²) >= 11 is 0. The number of halogens is 1. The van der Waals surface area contributed by atoms with Gasteiger partial charge in [0.25, 0.3) is 0 Å². The lowest BCUT2D eigenvalue weighted by Gasteiger charge is -2.35. The molecule has 0 amide bonds. The number of nitrogen functional groups attached to an aromatic ring is 1. The molecule has 2 atom stereocenters. The van der Waals surface area contributed by atoms with E-state index < -0.39 is 0 Å². The number of hydrogen-bond donors (Lipinski definition) is 2. The largest absolute Gasteiger partial charge is 0.398 e. The van der Waals surface area contributed by atoms with Gasteiger partial charge in [-0.05, 0) is 136 Å². The van der Waals surface area contributed by atoms with Crippen LogP contribution in [0.4, 0.5) is 15.9 Å². The summed E-state index contributed by atoms with van der Waals surface area (Å²) in [4.78, 5) is 4.82. The summed E-state index contributed by atoms with van der Waals surface area (Å²) in [6.07, 6.45) is 19.3. The van der Waals surface area contributed by atoms with Gasteiger partial charge >= 0.3 is 0 Å². The van der Waals surface area contributed by atoms with Crippen molar-refractivity contribution < 1.29 is 4.39 Å². The molecule has 64 heavy (non-hydrogen) atoms. The Bertz CT molecular complexity index is 1570. The fourth-order valence-corrected chi connectivity index (χ4v) is 7.63. The lowest BCUT2D eigenvalue weighted by Crippen LogP contribution is -2.27. The second-order valence-electron chi connectivity index (χ2n) is 20.5. The van der Waals surface area contributed by atoms with Crippen molar-refractivity contribution in [2.24, 2.45) is 40.9 Å². The van der Waals surface area contributed by atoms with Crippen molar-refractivity contribution in [1.82, 2.24) is 4.98 Å². The van der Waals surface area contributed by atoms with Crippen LogP contribution in [0.15, 0.2) is 73.3 Å². The fourth-order valence-electron chi connectivity index (χ4n) is 7.63. The minimum Gasteiger partial charge on any atom is -0.398 e. The second-order valence-corrected chi connectivity index (χ2v) is 20.5. The van der Waals surface area contributed by atoms with E-state index in [1.807, 2.05) is 46.8 Å². The van der Waals surface area contributed by atoms with Crippen molar-refractivity contribution in [2.45, 2.75) is 228 Å². The molecule has 2 aromatic rings. The Balaban J connectivity index is -0.000000955. The van der Waals surface area contributed by atoms with Crippen LogP contribution in [0.25, 0.3) is 11.3 Å². The number of unbranched alkanes of at least 4 members (excludes halogenated alkanes) is 1. The molecule has 370 valence electrons. The lowest BCUT2D eigenvalue weighted by molar-refractivity contribution is 0.233. The maximum absolute atomic E-state index is 14.4. The van der Waals surface area contributed by atoms with E-state index in [0.717, 1.165) is 65.2 Å². The van der Waals surface area contributed by atoms with Crippen LogP contribution in [-0.2, 0) is 5.41 Å². The number of nitrogens with two attached hydrogens (primary N) is 1. The lowest BCUT2D eigenvalue weighted by atomic mass is 9.68. The van der Waals surface area contributed by atoms with Crippen LogP contribution < -0.4 is 11.1 Å². The standard InChI is InChI=1S/C29H40FN3.C9H18.2C6H12.2C4H10.C2H6/c1-10-15-29(12-3,19(6)7)23-14-13-22(16-20(23)8)26-17-25(31)21(9)28(32-26)33-27(18(4)5)24(30)11-2;1-3-5-6-9(4-2)7-8-9;1-5-3-6(2)4-5;1-4-6(3)5-2;2*1-4(2)3;1-2/h11,13-14,16-18H,2,6,10,12,15H2,1,3-5,7-9H3,(H3,31,32,33);3-8H2,1-2H3;5-6H,3-4H2,1-2H3;4,6H,1,5H2,2-3H3;2*4H,1-3H3;1-2H3/b27-24-;;;;;;. The number of anilines is 2. The molecule has 2 fully saturated rings. The van der Waals surface area contributed by atoms with E-state index in [1.54, 1.807) is 0 Å². The summed E-state index contributed by atoms with van der Waals surface area (Å²) < 4.78 is 14.4. The molecular formula is C60H108FN3. The number of aryl methyl sites for hydroxylation is 1. The molecule has 2 aliphatic rings. The van der Waals surface area contributed by atoms with Gasteiger partial charge in [-0.25, -0.2) is 9.37 Å². The summed E-state index contributed by atoms with van der Waals surface area (Å²) in [5.41, 5.74) is 14.5. The summed E-state index contributed by atoms with van der Waals surface area (Å²) in [5, 5.41) is 3.17.